The lowest BCUT2D eigenvalue weighted by molar-refractivity contribution is -0.0139. The van der Waals surface area contributed by atoms with Crippen LogP contribution in [0.4, 0.5) is 0 Å². The van der Waals surface area contributed by atoms with Crippen molar-refractivity contribution in [3.63, 3.8) is 0 Å². The largest absolute Gasteiger partial charge is 0.378 e. The van der Waals surface area contributed by atoms with E-state index >= 15 is 0 Å². The van der Waals surface area contributed by atoms with Crippen LogP contribution in [0, 0.1) is 6.92 Å². The monoisotopic (exact) mass is 298 g/mol. The first-order valence-electron chi connectivity index (χ1n) is 7.50. The van der Waals surface area contributed by atoms with Gasteiger partial charge in [0.1, 0.15) is 0 Å². The van der Waals surface area contributed by atoms with Gasteiger partial charge in [0, 0.05) is 23.9 Å². The van der Waals surface area contributed by atoms with Crippen molar-refractivity contribution in [1.29, 1.82) is 0 Å². The Kier molecular flexibility index (Phi) is 6.42. The summed E-state index contributed by atoms with van der Waals surface area (Å²) in [7, 11) is 0. The fourth-order valence-electron chi connectivity index (χ4n) is 2.37. The Morgan fingerprint density at radius 1 is 1.45 bits per heavy atom. The lowest BCUT2D eigenvalue weighted by atomic mass is 10.2. The van der Waals surface area contributed by atoms with Crippen molar-refractivity contribution in [3.8, 4) is 0 Å². The van der Waals surface area contributed by atoms with Crippen LogP contribution in [0.15, 0.2) is 5.51 Å². The van der Waals surface area contributed by atoms with E-state index in [0.29, 0.717) is 12.1 Å². The van der Waals surface area contributed by atoms with E-state index in [9.17, 15) is 0 Å². The lowest BCUT2D eigenvalue weighted by Crippen LogP contribution is -2.32. The third-order valence-electron chi connectivity index (χ3n) is 3.57. The number of hydrogen-bond acceptors (Lipinski definition) is 5. The van der Waals surface area contributed by atoms with Crippen LogP contribution in [0.2, 0.25) is 0 Å². The van der Waals surface area contributed by atoms with Gasteiger partial charge in [-0.25, -0.2) is 4.98 Å². The lowest BCUT2D eigenvalue weighted by Gasteiger charge is -2.16. The normalized spacial score (nSPS) is 22.8. The number of nitrogens with zero attached hydrogens (tertiary/aromatic N) is 1. The van der Waals surface area contributed by atoms with E-state index in [1.807, 2.05) is 5.51 Å². The van der Waals surface area contributed by atoms with Crippen molar-refractivity contribution in [2.45, 2.75) is 58.3 Å². The Bertz CT molecular complexity index is 395. The third kappa shape index (κ3) is 5.13. The highest BCUT2D eigenvalue weighted by Crippen LogP contribution is 2.20. The summed E-state index contributed by atoms with van der Waals surface area (Å²) in [4.78, 5) is 5.58. The molecule has 0 aliphatic carbocycles. The van der Waals surface area contributed by atoms with Crippen molar-refractivity contribution >= 4 is 11.3 Å². The predicted molar refractivity (Wildman–Crippen MR) is 82.4 cm³/mol. The summed E-state index contributed by atoms with van der Waals surface area (Å²) >= 11 is 1.71. The van der Waals surface area contributed by atoms with Gasteiger partial charge in [-0.3, -0.25) is 0 Å². The second-order valence-corrected chi connectivity index (χ2v) is 6.65. The number of ether oxygens (including phenoxy) is 2. The summed E-state index contributed by atoms with van der Waals surface area (Å²) in [6.07, 6.45) is 3.85. The molecule has 4 nitrogen and oxygen atoms in total. The molecule has 2 unspecified atom stereocenters. The minimum absolute atomic E-state index is 0.275. The summed E-state index contributed by atoms with van der Waals surface area (Å²) in [6.45, 7) is 8.81. The van der Waals surface area contributed by atoms with Crippen molar-refractivity contribution in [2.24, 2.45) is 0 Å². The number of thiazole rings is 1. The Hall–Kier alpha value is -0.490. The van der Waals surface area contributed by atoms with E-state index in [-0.39, 0.29) is 6.10 Å². The van der Waals surface area contributed by atoms with Crippen molar-refractivity contribution < 1.29 is 9.47 Å². The molecule has 1 fully saturated rings. The van der Waals surface area contributed by atoms with Crippen molar-refractivity contribution in [3.05, 3.63) is 16.1 Å². The SMILES string of the molecule is Cc1ncsc1CCOCC1CCC(CNC(C)C)O1. The first kappa shape index (κ1) is 15.9. The molecule has 1 aliphatic heterocycles. The minimum Gasteiger partial charge on any atom is -0.378 e. The molecule has 1 saturated heterocycles. The van der Waals surface area contributed by atoms with Gasteiger partial charge < -0.3 is 14.8 Å². The van der Waals surface area contributed by atoms with Crippen molar-refractivity contribution in [2.75, 3.05) is 19.8 Å². The zero-order valence-corrected chi connectivity index (χ0v) is 13.5. The molecule has 0 radical (unpaired) electrons. The van der Waals surface area contributed by atoms with Gasteiger partial charge in [-0.05, 0) is 19.8 Å². The molecule has 2 atom stereocenters. The molecule has 0 amide bonds. The maximum Gasteiger partial charge on any atom is 0.0813 e. The highest BCUT2D eigenvalue weighted by atomic mass is 32.1. The van der Waals surface area contributed by atoms with Crippen LogP contribution in [0.25, 0.3) is 0 Å². The van der Waals surface area contributed by atoms with Crippen LogP contribution >= 0.6 is 11.3 Å². The van der Waals surface area contributed by atoms with Gasteiger partial charge in [0.25, 0.3) is 0 Å². The first-order chi connectivity index (χ1) is 9.65. The van der Waals surface area contributed by atoms with Crippen molar-refractivity contribution in [1.82, 2.24) is 10.3 Å². The fourth-order valence-corrected chi connectivity index (χ4v) is 3.13. The van der Waals surface area contributed by atoms with Crippen LogP contribution in [0.5, 0.6) is 0 Å². The van der Waals surface area contributed by atoms with Crippen LogP contribution in [0.1, 0.15) is 37.3 Å². The van der Waals surface area contributed by atoms with Gasteiger partial charge in [0.05, 0.1) is 36.6 Å². The minimum atomic E-state index is 0.275. The number of hydrogen-bond donors (Lipinski definition) is 1. The average Bonchev–Trinajstić information content (AvgIpc) is 3.02. The van der Waals surface area contributed by atoms with E-state index < -0.39 is 0 Å². The second-order valence-electron chi connectivity index (χ2n) is 5.71. The Morgan fingerprint density at radius 3 is 2.95 bits per heavy atom. The highest BCUT2D eigenvalue weighted by molar-refractivity contribution is 7.09. The fraction of sp³-hybridized carbons (Fsp3) is 0.800. The molecule has 2 heterocycles. The van der Waals surface area contributed by atoms with Gasteiger partial charge in [0.15, 0.2) is 0 Å². The highest BCUT2D eigenvalue weighted by Gasteiger charge is 2.25. The Balaban J connectivity index is 1.56. The van der Waals surface area contributed by atoms with Gasteiger partial charge in [-0.15, -0.1) is 11.3 Å². The zero-order chi connectivity index (χ0) is 14.4. The molecule has 1 aromatic rings. The molecular weight excluding hydrogens is 272 g/mol. The van der Waals surface area contributed by atoms with Crippen LogP contribution in [0.3, 0.4) is 0 Å². The molecule has 20 heavy (non-hydrogen) atoms. The van der Waals surface area contributed by atoms with E-state index in [1.165, 1.54) is 4.88 Å². The van der Waals surface area contributed by atoms with E-state index in [0.717, 1.165) is 44.7 Å². The Morgan fingerprint density at radius 2 is 2.25 bits per heavy atom. The topological polar surface area (TPSA) is 43.4 Å². The van der Waals surface area contributed by atoms with E-state index in [4.69, 9.17) is 9.47 Å². The number of nitrogens with one attached hydrogen (secondary N) is 1. The van der Waals surface area contributed by atoms with Gasteiger partial charge in [-0.2, -0.15) is 0 Å². The molecule has 1 N–H and O–H groups in total. The summed E-state index contributed by atoms with van der Waals surface area (Å²) in [5.74, 6) is 0. The second kappa shape index (κ2) is 8.08. The third-order valence-corrected chi connectivity index (χ3v) is 4.57. The summed E-state index contributed by atoms with van der Waals surface area (Å²) in [5.41, 5.74) is 3.03. The van der Waals surface area contributed by atoms with Gasteiger partial charge >= 0.3 is 0 Å². The number of aryl methyl sites for hydroxylation is 1. The molecular formula is C15H26N2O2S. The standard InChI is InChI=1S/C15H26N2O2S/c1-11(2)16-8-13-4-5-14(19-13)9-18-7-6-15-12(3)17-10-20-15/h10-11,13-14,16H,4-9H2,1-3H3. The van der Waals surface area contributed by atoms with E-state index in [1.54, 1.807) is 11.3 Å². The first-order valence-corrected chi connectivity index (χ1v) is 8.38. The molecule has 114 valence electrons. The quantitative estimate of drug-likeness (QED) is 0.749. The van der Waals surface area contributed by atoms with Gasteiger partial charge in [0.2, 0.25) is 0 Å². The maximum atomic E-state index is 5.98. The summed E-state index contributed by atoms with van der Waals surface area (Å²) in [6, 6.07) is 0.525. The number of rotatable bonds is 8. The van der Waals surface area contributed by atoms with Crippen LogP contribution in [-0.2, 0) is 15.9 Å². The molecule has 2 rings (SSSR count). The maximum absolute atomic E-state index is 5.98. The molecule has 0 saturated carbocycles. The van der Waals surface area contributed by atoms with E-state index in [2.05, 4.69) is 31.1 Å². The van der Waals surface area contributed by atoms with Crippen LogP contribution < -0.4 is 5.32 Å². The molecule has 0 spiro atoms. The molecule has 1 aliphatic rings. The average molecular weight is 298 g/mol. The number of aromatic nitrogens is 1. The summed E-state index contributed by atoms with van der Waals surface area (Å²) in [5, 5.41) is 3.43. The molecule has 0 aromatic carbocycles. The Labute approximate surface area is 125 Å². The predicted octanol–water partition coefficient (Wildman–Crippen LogP) is 2.56. The van der Waals surface area contributed by atoms with Gasteiger partial charge in [-0.1, -0.05) is 13.8 Å². The molecule has 5 heteroatoms. The zero-order valence-electron chi connectivity index (χ0n) is 12.7. The molecule has 0 bridgehead atoms. The smallest absolute Gasteiger partial charge is 0.0813 e. The summed E-state index contributed by atoms with van der Waals surface area (Å²) < 4.78 is 11.7. The van der Waals surface area contributed by atoms with Crippen LogP contribution in [-0.4, -0.2) is 43.0 Å². The molecule has 1 aromatic heterocycles.